The Kier molecular flexibility index (Phi) is 4.18. The topological polar surface area (TPSA) is 22.1 Å². The highest BCUT2D eigenvalue weighted by Crippen LogP contribution is 2.32. The zero-order valence-corrected chi connectivity index (χ0v) is 11.3. The van der Waals surface area contributed by atoms with E-state index in [1.165, 1.54) is 18.2 Å². The van der Waals surface area contributed by atoms with Gasteiger partial charge in [-0.2, -0.15) is 0 Å². The van der Waals surface area contributed by atoms with Gasteiger partial charge in [-0.3, -0.25) is 4.98 Å². The highest BCUT2D eigenvalue weighted by molar-refractivity contribution is 6.33. The Morgan fingerprint density at radius 1 is 1.20 bits per heavy atom. The van der Waals surface area contributed by atoms with Gasteiger partial charge in [0.2, 0.25) is 0 Å². The van der Waals surface area contributed by atoms with Gasteiger partial charge < -0.3 is 4.74 Å². The third-order valence-electron chi connectivity index (χ3n) is 2.62. The summed E-state index contributed by atoms with van der Waals surface area (Å²) in [7, 11) is 0. The Bertz CT molecular complexity index is 614. The molecule has 1 heterocycles. The van der Waals surface area contributed by atoms with Crippen LogP contribution in [0.4, 0.5) is 13.2 Å². The number of ether oxygens (including phenoxy) is 1. The van der Waals surface area contributed by atoms with E-state index in [0.29, 0.717) is 16.3 Å². The van der Waals surface area contributed by atoms with Gasteiger partial charge in [0.15, 0.2) is 0 Å². The number of aryl methyl sites for hydroxylation is 1. The van der Waals surface area contributed by atoms with Crippen molar-refractivity contribution in [2.75, 3.05) is 0 Å². The number of benzene rings is 1. The van der Waals surface area contributed by atoms with Crippen LogP contribution in [-0.2, 0) is 6.42 Å². The number of nitrogens with zero attached hydrogens (tertiary/aromatic N) is 1. The number of rotatable bonds is 3. The minimum atomic E-state index is -4.73. The van der Waals surface area contributed by atoms with E-state index in [1.807, 2.05) is 13.0 Å². The van der Waals surface area contributed by atoms with Crippen molar-refractivity contribution in [1.29, 1.82) is 0 Å². The van der Waals surface area contributed by atoms with Gasteiger partial charge in [-0.25, -0.2) is 0 Å². The summed E-state index contributed by atoms with van der Waals surface area (Å²) in [5.41, 5.74) is 1.76. The van der Waals surface area contributed by atoms with Gasteiger partial charge in [-0.1, -0.05) is 24.6 Å². The van der Waals surface area contributed by atoms with Crippen LogP contribution in [0.15, 0.2) is 36.4 Å². The summed E-state index contributed by atoms with van der Waals surface area (Å²) >= 11 is 6.02. The molecular weight excluding hydrogens is 291 g/mol. The molecule has 6 heteroatoms. The predicted molar refractivity (Wildman–Crippen MR) is 70.7 cm³/mol. The van der Waals surface area contributed by atoms with E-state index < -0.39 is 6.36 Å². The molecule has 0 aliphatic rings. The van der Waals surface area contributed by atoms with E-state index in [-0.39, 0.29) is 5.75 Å². The van der Waals surface area contributed by atoms with E-state index in [2.05, 4.69) is 9.72 Å². The molecule has 1 aromatic carbocycles. The molecule has 0 bridgehead atoms. The molecule has 0 fully saturated rings. The SMILES string of the molecule is CCc1cccc(-c2cc(OC(F)(F)F)ccc2Cl)n1. The largest absolute Gasteiger partial charge is 0.573 e. The normalized spacial score (nSPS) is 11.4. The predicted octanol–water partition coefficient (Wildman–Crippen LogP) is 4.86. The molecule has 0 aliphatic carbocycles. The Morgan fingerprint density at radius 3 is 2.60 bits per heavy atom. The minimum Gasteiger partial charge on any atom is -0.406 e. The van der Waals surface area contributed by atoms with Gasteiger partial charge in [-0.15, -0.1) is 13.2 Å². The van der Waals surface area contributed by atoms with Crippen molar-refractivity contribution >= 4 is 11.6 Å². The molecule has 1 aromatic heterocycles. The fourth-order valence-electron chi connectivity index (χ4n) is 1.72. The lowest BCUT2D eigenvalue weighted by Gasteiger charge is -2.11. The summed E-state index contributed by atoms with van der Waals surface area (Å²) in [4.78, 5) is 4.34. The second-order valence-electron chi connectivity index (χ2n) is 4.06. The van der Waals surface area contributed by atoms with Crippen LogP contribution < -0.4 is 4.74 Å². The van der Waals surface area contributed by atoms with Crippen molar-refractivity contribution in [2.24, 2.45) is 0 Å². The highest BCUT2D eigenvalue weighted by Gasteiger charge is 2.31. The van der Waals surface area contributed by atoms with Crippen molar-refractivity contribution in [3.63, 3.8) is 0 Å². The standard InChI is InChI=1S/C14H11ClF3NO/c1-2-9-4-3-5-13(19-9)11-8-10(6-7-12(11)15)20-14(16,17)18/h3-8H,2H2,1H3. The summed E-state index contributed by atoms with van der Waals surface area (Å²) in [6, 6.07) is 9.08. The number of aromatic nitrogens is 1. The van der Waals surface area contributed by atoms with Crippen LogP contribution in [0.25, 0.3) is 11.3 Å². The molecule has 0 spiro atoms. The Balaban J connectivity index is 2.42. The monoisotopic (exact) mass is 301 g/mol. The fraction of sp³-hybridized carbons (Fsp3) is 0.214. The van der Waals surface area contributed by atoms with Crippen LogP contribution in [0, 0.1) is 0 Å². The molecule has 2 rings (SSSR count). The Hall–Kier alpha value is -1.75. The summed E-state index contributed by atoms with van der Waals surface area (Å²) in [5, 5.41) is 0.320. The van der Waals surface area contributed by atoms with Crippen LogP contribution in [0.1, 0.15) is 12.6 Å². The number of hydrogen-bond acceptors (Lipinski definition) is 2. The number of alkyl halides is 3. The first kappa shape index (κ1) is 14.7. The zero-order valence-electron chi connectivity index (χ0n) is 10.5. The maximum absolute atomic E-state index is 12.2. The number of pyridine rings is 1. The van der Waals surface area contributed by atoms with Crippen molar-refractivity contribution < 1.29 is 17.9 Å². The van der Waals surface area contributed by atoms with E-state index in [9.17, 15) is 13.2 Å². The molecule has 0 atom stereocenters. The summed E-state index contributed by atoms with van der Waals surface area (Å²) in [6.07, 6.45) is -4.01. The van der Waals surface area contributed by atoms with Gasteiger partial charge in [0.1, 0.15) is 5.75 Å². The van der Waals surface area contributed by atoms with Crippen LogP contribution in [-0.4, -0.2) is 11.3 Å². The molecule has 0 amide bonds. The lowest BCUT2D eigenvalue weighted by molar-refractivity contribution is -0.274. The minimum absolute atomic E-state index is 0.319. The molecule has 0 saturated carbocycles. The molecule has 0 radical (unpaired) electrons. The average molecular weight is 302 g/mol. The van der Waals surface area contributed by atoms with Crippen LogP contribution >= 0.6 is 11.6 Å². The lowest BCUT2D eigenvalue weighted by atomic mass is 10.1. The first-order chi connectivity index (χ1) is 9.39. The molecule has 20 heavy (non-hydrogen) atoms. The first-order valence-electron chi connectivity index (χ1n) is 5.90. The van der Waals surface area contributed by atoms with E-state index in [0.717, 1.165) is 12.1 Å². The van der Waals surface area contributed by atoms with E-state index >= 15 is 0 Å². The number of halogens is 4. The van der Waals surface area contributed by atoms with Gasteiger partial charge in [0.25, 0.3) is 0 Å². The zero-order chi connectivity index (χ0) is 14.8. The van der Waals surface area contributed by atoms with E-state index in [4.69, 9.17) is 11.6 Å². The van der Waals surface area contributed by atoms with Gasteiger partial charge in [0.05, 0.1) is 10.7 Å². The summed E-state index contributed by atoms with van der Waals surface area (Å²) in [5.74, 6) is -0.319. The van der Waals surface area contributed by atoms with E-state index in [1.54, 1.807) is 12.1 Å². The van der Waals surface area contributed by atoms with Gasteiger partial charge >= 0.3 is 6.36 Å². The highest BCUT2D eigenvalue weighted by atomic mass is 35.5. The second kappa shape index (κ2) is 5.71. The Labute approximate surface area is 119 Å². The van der Waals surface area contributed by atoms with Crippen LogP contribution in [0.5, 0.6) is 5.75 Å². The fourth-order valence-corrected chi connectivity index (χ4v) is 1.94. The van der Waals surface area contributed by atoms with Crippen LogP contribution in [0.2, 0.25) is 5.02 Å². The molecule has 106 valence electrons. The van der Waals surface area contributed by atoms with Gasteiger partial charge in [-0.05, 0) is 36.8 Å². The third-order valence-corrected chi connectivity index (χ3v) is 2.95. The lowest BCUT2D eigenvalue weighted by Crippen LogP contribution is -2.17. The van der Waals surface area contributed by atoms with Crippen molar-refractivity contribution in [3.05, 3.63) is 47.1 Å². The average Bonchev–Trinajstić information content (AvgIpc) is 2.39. The van der Waals surface area contributed by atoms with Crippen molar-refractivity contribution in [1.82, 2.24) is 4.98 Å². The maximum Gasteiger partial charge on any atom is 0.573 e. The first-order valence-corrected chi connectivity index (χ1v) is 6.28. The molecule has 2 aromatic rings. The molecule has 0 aliphatic heterocycles. The summed E-state index contributed by atoms with van der Waals surface area (Å²) < 4.78 is 40.6. The van der Waals surface area contributed by atoms with Crippen molar-refractivity contribution in [3.8, 4) is 17.0 Å². The molecule has 2 nitrogen and oxygen atoms in total. The third kappa shape index (κ3) is 3.63. The summed E-state index contributed by atoms with van der Waals surface area (Å²) in [6.45, 7) is 1.94. The van der Waals surface area contributed by atoms with Crippen LogP contribution in [0.3, 0.4) is 0 Å². The quantitative estimate of drug-likeness (QED) is 0.807. The molecule has 0 N–H and O–H groups in total. The molecule has 0 saturated heterocycles. The van der Waals surface area contributed by atoms with Gasteiger partial charge in [0, 0.05) is 11.3 Å². The molecular formula is C14H11ClF3NO. The Morgan fingerprint density at radius 2 is 1.95 bits per heavy atom. The number of hydrogen-bond donors (Lipinski definition) is 0. The van der Waals surface area contributed by atoms with Crippen molar-refractivity contribution in [2.45, 2.75) is 19.7 Å². The maximum atomic E-state index is 12.2. The smallest absolute Gasteiger partial charge is 0.406 e. The molecule has 0 unspecified atom stereocenters. The second-order valence-corrected chi connectivity index (χ2v) is 4.46.